The third kappa shape index (κ3) is 4.52. The van der Waals surface area contributed by atoms with E-state index in [-0.39, 0.29) is 48.0 Å². The van der Waals surface area contributed by atoms with Gasteiger partial charge in [-0.25, -0.2) is 0 Å². The van der Waals surface area contributed by atoms with E-state index >= 15 is 0 Å². The molecule has 7 nitrogen and oxygen atoms in total. The van der Waals surface area contributed by atoms with Crippen molar-refractivity contribution >= 4 is 38.5 Å². The molecule has 0 saturated heterocycles. The molecule has 2 aromatic carbocycles. The molecule has 9 heteroatoms. The Balaban J connectivity index is 0.00000264. The van der Waals surface area contributed by atoms with Gasteiger partial charge in [-0.15, -0.1) is 0 Å². The summed E-state index contributed by atoms with van der Waals surface area (Å²) < 4.78 is 37.1. The summed E-state index contributed by atoms with van der Waals surface area (Å²) >= 11 is 0. The van der Waals surface area contributed by atoms with E-state index in [1.165, 1.54) is 19.1 Å². The van der Waals surface area contributed by atoms with Crippen LogP contribution in [0.5, 0.6) is 5.75 Å². The van der Waals surface area contributed by atoms with Gasteiger partial charge in [0.25, 0.3) is 10.1 Å². The van der Waals surface area contributed by atoms with Gasteiger partial charge in [-0.2, -0.15) is 8.42 Å². The largest absolute Gasteiger partial charge is 1.00 e. The number of carbonyl (C=O) groups excluding carboxylic acids is 2. The van der Waals surface area contributed by atoms with Crippen LogP contribution < -0.4 is 39.6 Å². The van der Waals surface area contributed by atoms with Crippen LogP contribution in [0.4, 0.5) is 5.69 Å². The van der Waals surface area contributed by atoms with Crippen molar-refractivity contribution in [2.75, 3.05) is 5.32 Å². The minimum absolute atomic E-state index is 0. The molecule has 0 saturated carbocycles. The van der Waals surface area contributed by atoms with E-state index in [4.69, 9.17) is 4.74 Å². The third-order valence-electron chi connectivity index (χ3n) is 2.81. The zero-order valence-corrected chi connectivity index (χ0v) is 15.6. The van der Waals surface area contributed by atoms with E-state index in [1.54, 1.807) is 12.1 Å². The van der Waals surface area contributed by atoms with E-state index in [0.29, 0.717) is 11.1 Å². The number of ether oxygens (including phenoxy) is 1. The normalized spacial score (nSPS) is 10.7. The van der Waals surface area contributed by atoms with E-state index in [1.807, 2.05) is 0 Å². The van der Waals surface area contributed by atoms with Crippen LogP contribution in [-0.2, 0) is 19.7 Å². The smallest absolute Gasteiger partial charge is 1.00 e. The summed E-state index contributed by atoms with van der Waals surface area (Å²) in [6.07, 6.45) is 0. The molecule has 0 bridgehead atoms. The zero-order valence-electron chi connectivity index (χ0n) is 13.8. The number of fused-ring (bicyclic) bond motifs is 1. The Bertz CT molecular complexity index is 884. The quantitative estimate of drug-likeness (QED) is 0.322. The van der Waals surface area contributed by atoms with E-state index in [2.05, 4.69) is 5.32 Å². The summed E-state index contributed by atoms with van der Waals surface area (Å²) in [6, 6.07) is 7.23. The van der Waals surface area contributed by atoms with Gasteiger partial charge >= 0.3 is 35.5 Å². The molecular weight excluding hydrogens is 333 g/mol. The Hall–Kier alpha value is -1.45. The molecule has 0 atom stereocenters. The summed E-state index contributed by atoms with van der Waals surface area (Å²) in [5.41, 5.74) is 0.431. The van der Waals surface area contributed by atoms with Gasteiger partial charge in [0.05, 0.1) is 0 Å². The predicted octanol–water partition coefficient (Wildman–Crippen LogP) is -0.913. The summed E-state index contributed by atoms with van der Waals surface area (Å²) in [5.74, 6) is -1.32. The Labute approximate surface area is 156 Å². The molecule has 0 radical (unpaired) electrons. The number of hydrogen-bond donors (Lipinski definition) is 2. The van der Waals surface area contributed by atoms with Crippen molar-refractivity contribution in [2.45, 2.75) is 18.7 Å². The van der Waals surface area contributed by atoms with Crippen LogP contribution in [0.3, 0.4) is 0 Å². The Morgan fingerprint density at radius 1 is 1.13 bits per heavy atom. The van der Waals surface area contributed by atoms with Gasteiger partial charge in [0.1, 0.15) is 4.90 Å². The van der Waals surface area contributed by atoms with Gasteiger partial charge in [0, 0.05) is 30.3 Å². The first-order valence-electron chi connectivity index (χ1n) is 6.19. The molecule has 23 heavy (non-hydrogen) atoms. The fourth-order valence-corrected chi connectivity index (χ4v) is 2.69. The second-order valence-corrected chi connectivity index (χ2v) is 5.93. The number of carbonyl (C=O) groups is 2. The molecule has 0 aromatic heterocycles. The minimum atomic E-state index is -4.57. The van der Waals surface area contributed by atoms with Crippen molar-refractivity contribution in [1.29, 1.82) is 0 Å². The van der Waals surface area contributed by atoms with Crippen LogP contribution >= 0.6 is 0 Å². The number of hydrogen-bond acceptors (Lipinski definition) is 5. The minimum Gasteiger partial charge on any atom is -1.00 e. The molecule has 118 valence electrons. The van der Waals surface area contributed by atoms with Gasteiger partial charge in [0.2, 0.25) is 5.91 Å². The first-order valence-corrected chi connectivity index (χ1v) is 7.63. The van der Waals surface area contributed by atoms with Crippen LogP contribution in [0, 0.1) is 0 Å². The first kappa shape index (κ1) is 19.6. The SMILES string of the molecule is CC(=O)Nc1cccc2c(OC(C)=O)c(S(=O)(=O)O)ccc12.[H-].[Na+]. The molecule has 0 aliphatic carbocycles. The summed E-state index contributed by atoms with van der Waals surface area (Å²) in [4.78, 5) is 21.9. The number of esters is 1. The summed E-state index contributed by atoms with van der Waals surface area (Å²) in [6.45, 7) is 2.45. The number of benzene rings is 2. The molecule has 0 heterocycles. The zero-order chi connectivity index (χ0) is 16.5. The van der Waals surface area contributed by atoms with Gasteiger partial charge in [-0.1, -0.05) is 18.2 Å². The number of nitrogens with one attached hydrogen (secondary N) is 1. The molecule has 0 unspecified atom stereocenters. The van der Waals surface area contributed by atoms with Crippen LogP contribution in [0.2, 0.25) is 0 Å². The predicted molar refractivity (Wildman–Crippen MR) is 80.5 cm³/mol. The number of rotatable bonds is 3. The maximum atomic E-state index is 11.4. The Morgan fingerprint density at radius 3 is 2.30 bits per heavy atom. The fraction of sp³-hybridized carbons (Fsp3) is 0.143. The van der Waals surface area contributed by atoms with Crippen LogP contribution in [0.25, 0.3) is 10.8 Å². The van der Waals surface area contributed by atoms with E-state index in [9.17, 15) is 22.6 Å². The van der Waals surface area contributed by atoms with Gasteiger partial charge in [0.15, 0.2) is 5.75 Å². The van der Waals surface area contributed by atoms with Crippen LogP contribution in [-0.4, -0.2) is 24.8 Å². The molecule has 0 aliphatic rings. The summed E-state index contributed by atoms with van der Waals surface area (Å²) in [7, 11) is -4.57. The number of anilines is 1. The van der Waals surface area contributed by atoms with Gasteiger partial charge in [-0.3, -0.25) is 14.1 Å². The average molecular weight is 347 g/mol. The van der Waals surface area contributed by atoms with Crippen LogP contribution in [0.1, 0.15) is 15.3 Å². The van der Waals surface area contributed by atoms with Gasteiger partial charge in [-0.05, 0) is 12.1 Å². The molecule has 2 rings (SSSR count). The maximum Gasteiger partial charge on any atom is 1.00 e. The standard InChI is InChI=1S/C14H13NO6S.Na.H/c1-8(16)15-12-5-3-4-11-10(12)6-7-13(22(18,19)20)14(11)21-9(2)17;;/h3-7H,1-2H3,(H,15,16)(H,18,19,20);;/q;+1;-1. The van der Waals surface area contributed by atoms with E-state index in [0.717, 1.165) is 13.0 Å². The first-order chi connectivity index (χ1) is 10.2. The molecular formula is C14H14NNaO6S. The molecule has 2 N–H and O–H groups in total. The van der Waals surface area contributed by atoms with Crippen molar-refractivity contribution < 1.29 is 58.3 Å². The molecule has 0 fully saturated rings. The van der Waals surface area contributed by atoms with Crippen molar-refractivity contribution in [2.24, 2.45) is 0 Å². The maximum absolute atomic E-state index is 11.4. The molecule has 1 amide bonds. The Kier molecular flexibility index (Phi) is 6.32. The van der Waals surface area contributed by atoms with Crippen molar-refractivity contribution in [3.05, 3.63) is 30.3 Å². The monoisotopic (exact) mass is 347 g/mol. The van der Waals surface area contributed by atoms with Crippen molar-refractivity contribution in [3.63, 3.8) is 0 Å². The third-order valence-corrected chi connectivity index (χ3v) is 3.69. The molecule has 0 aliphatic heterocycles. The second kappa shape index (κ2) is 7.41. The van der Waals surface area contributed by atoms with Crippen molar-refractivity contribution in [3.8, 4) is 5.75 Å². The second-order valence-electron chi connectivity index (χ2n) is 4.54. The van der Waals surface area contributed by atoms with Crippen molar-refractivity contribution in [1.82, 2.24) is 0 Å². The van der Waals surface area contributed by atoms with Crippen LogP contribution in [0.15, 0.2) is 35.2 Å². The van der Waals surface area contributed by atoms with Gasteiger partial charge < -0.3 is 11.5 Å². The number of amides is 1. The fourth-order valence-electron chi connectivity index (χ4n) is 2.06. The van der Waals surface area contributed by atoms with E-state index < -0.39 is 21.0 Å². The Morgan fingerprint density at radius 2 is 1.78 bits per heavy atom. The average Bonchev–Trinajstić information content (AvgIpc) is 2.37. The molecule has 0 spiro atoms. The topological polar surface area (TPSA) is 110 Å². The molecule has 2 aromatic rings. The summed E-state index contributed by atoms with van der Waals surface area (Å²) in [5, 5.41) is 3.34.